The summed E-state index contributed by atoms with van der Waals surface area (Å²) < 4.78 is 38.3. The molecule has 1 N–H and O–H groups in total. The third-order valence-corrected chi connectivity index (χ3v) is 9.62. The zero-order valence-electron chi connectivity index (χ0n) is 20.8. The van der Waals surface area contributed by atoms with Gasteiger partial charge in [-0.25, -0.2) is 13.4 Å². The molecule has 2 aromatic rings. The molecule has 0 unspecified atom stereocenters. The molecule has 10 nitrogen and oxygen atoms in total. The number of ether oxygens (including phenoxy) is 2. The summed E-state index contributed by atoms with van der Waals surface area (Å²) in [5.41, 5.74) is 1.19. The van der Waals surface area contributed by atoms with E-state index in [0.29, 0.717) is 56.0 Å². The van der Waals surface area contributed by atoms with E-state index < -0.39 is 15.3 Å². The number of anilines is 1. The van der Waals surface area contributed by atoms with Gasteiger partial charge < -0.3 is 14.8 Å². The van der Waals surface area contributed by atoms with Crippen LogP contribution in [-0.2, 0) is 29.1 Å². The van der Waals surface area contributed by atoms with Gasteiger partial charge in [-0.3, -0.25) is 14.5 Å². The number of morpholine rings is 1. The number of thioether (sulfide) groups is 1. The third kappa shape index (κ3) is 6.26. The first kappa shape index (κ1) is 26.8. The van der Waals surface area contributed by atoms with Crippen LogP contribution in [0.3, 0.4) is 0 Å². The molecule has 0 aliphatic carbocycles. The molecular weight excluding hydrogens is 528 g/mol. The number of rotatable bonds is 8. The molecule has 3 heterocycles. The number of aliphatic imine (C=N–C) groups is 1. The average molecular weight is 559 g/mol. The molecule has 3 saturated heterocycles. The number of carbonyl (C=O) groups is 2. The first-order valence-electron chi connectivity index (χ1n) is 12.6. The van der Waals surface area contributed by atoms with E-state index in [2.05, 4.69) is 10.3 Å². The molecule has 0 bridgehead atoms. The van der Waals surface area contributed by atoms with Gasteiger partial charge in [-0.1, -0.05) is 30.0 Å². The molecule has 38 heavy (non-hydrogen) atoms. The van der Waals surface area contributed by atoms with Crippen LogP contribution in [0.15, 0.2) is 64.5 Å². The summed E-state index contributed by atoms with van der Waals surface area (Å²) in [4.78, 5) is 32.5. The molecule has 12 heteroatoms. The van der Waals surface area contributed by atoms with Crippen LogP contribution in [0, 0.1) is 0 Å². The second-order valence-electron chi connectivity index (χ2n) is 9.21. The Balaban J connectivity index is 1.32. The Morgan fingerprint density at radius 2 is 1.79 bits per heavy atom. The fraction of sp³-hybridized carbons (Fsp3) is 0.423. The maximum absolute atomic E-state index is 13.3. The minimum atomic E-state index is -3.62. The highest BCUT2D eigenvalue weighted by Gasteiger charge is 2.40. The average Bonchev–Trinajstić information content (AvgIpc) is 3.54. The molecular formula is C26H30N4O6S2. The number of hydrogen-bond donors (Lipinski definition) is 1. The van der Waals surface area contributed by atoms with Gasteiger partial charge in [0.15, 0.2) is 5.17 Å². The molecule has 2 aromatic carbocycles. The van der Waals surface area contributed by atoms with Crippen LogP contribution in [-0.4, -0.2) is 85.4 Å². The Labute approximate surface area is 226 Å². The molecule has 3 fully saturated rings. The molecule has 0 radical (unpaired) electrons. The van der Waals surface area contributed by atoms with E-state index in [9.17, 15) is 18.0 Å². The Morgan fingerprint density at radius 1 is 1.05 bits per heavy atom. The summed E-state index contributed by atoms with van der Waals surface area (Å²) in [5.74, 6) is -0.433. The SMILES string of the molecule is O=C(C[C@@H]1SC(=Nc2ccc(S(=O)(=O)N3CCOCC3)cc2)N(C[C@H]2CCCO2)C1=O)Nc1ccccc1. The molecule has 0 spiro atoms. The first-order chi connectivity index (χ1) is 18.4. The third-order valence-electron chi connectivity index (χ3n) is 6.53. The monoisotopic (exact) mass is 558 g/mol. The number of para-hydroxylation sites is 1. The van der Waals surface area contributed by atoms with Crippen molar-refractivity contribution in [2.24, 2.45) is 4.99 Å². The van der Waals surface area contributed by atoms with Crippen LogP contribution in [0.1, 0.15) is 19.3 Å². The molecule has 2 atom stereocenters. The normalized spacial score (nSPS) is 23.7. The van der Waals surface area contributed by atoms with E-state index in [1.54, 1.807) is 29.2 Å². The number of nitrogens with one attached hydrogen (secondary N) is 1. The number of amides is 2. The van der Waals surface area contributed by atoms with Gasteiger partial charge in [0.2, 0.25) is 21.8 Å². The minimum absolute atomic E-state index is 0.0101. The zero-order valence-corrected chi connectivity index (χ0v) is 22.5. The molecule has 3 aliphatic heterocycles. The summed E-state index contributed by atoms with van der Waals surface area (Å²) in [6, 6.07) is 15.4. The summed E-state index contributed by atoms with van der Waals surface area (Å²) in [6.45, 7) is 2.42. The van der Waals surface area contributed by atoms with Crippen molar-refractivity contribution >= 4 is 50.1 Å². The Hall–Kier alpha value is -2.77. The van der Waals surface area contributed by atoms with Crippen LogP contribution >= 0.6 is 11.8 Å². The van der Waals surface area contributed by atoms with E-state index in [4.69, 9.17) is 9.47 Å². The van der Waals surface area contributed by atoms with Gasteiger partial charge in [-0.2, -0.15) is 4.31 Å². The quantitative estimate of drug-likeness (QED) is 0.529. The lowest BCUT2D eigenvalue weighted by Gasteiger charge is -2.26. The van der Waals surface area contributed by atoms with Crippen LogP contribution in [0.4, 0.5) is 11.4 Å². The lowest BCUT2D eigenvalue weighted by molar-refractivity contribution is -0.129. The van der Waals surface area contributed by atoms with Crippen LogP contribution in [0.2, 0.25) is 0 Å². The number of hydrogen-bond acceptors (Lipinski definition) is 8. The largest absolute Gasteiger partial charge is 0.379 e. The molecule has 3 aliphatic rings. The van der Waals surface area contributed by atoms with Crippen molar-refractivity contribution in [3.8, 4) is 0 Å². The fourth-order valence-electron chi connectivity index (χ4n) is 4.53. The van der Waals surface area contributed by atoms with Gasteiger partial charge in [-0.15, -0.1) is 0 Å². The fourth-order valence-corrected chi connectivity index (χ4v) is 7.10. The van der Waals surface area contributed by atoms with Crippen molar-refractivity contribution in [2.75, 3.05) is 44.8 Å². The van der Waals surface area contributed by atoms with Crippen LogP contribution in [0.5, 0.6) is 0 Å². The summed E-state index contributed by atoms with van der Waals surface area (Å²) in [5, 5.41) is 2.70. The topological polar surface area (TPSA) is 118 Å². The number of amidine groups is 1. The number of nitrogens with zero attached hydrogens (tertiary/aromatic N) is 3. The van der Waals surface area contributed by atoms with E-state index in [-0.39, 0.29) is 29.2 Å². The summed E-state index contributed by atoms with van der Waals surface area (Å²) >= 11 is 1.25. The van der Waals surface area contributed by atoms with E-state index in [0.717, 1.165) is 12.8 Å². The maximum Gasteiger partial charge on any atom is 0.243 e. The van der Waals surface area contributed by atoms with Gasteiger partial charge in [0, 0.05) is 31.8 Å². The number of benzene rings is 2. The van der Waals surface area contributed by atoms with Crippen molar-refractivity contribution in [1.82, 2.24) is 9.21 Å². The maximum atomic E-state index is 13.3. The van der Waals surface area contributed by atoms with Crippen molar-refractivity contribution in [3.05, 3.63) is 54.6 Å². The highest BCUT2D eigenvalue weighted by molar-refractivity contribution is 8.15. The van der Waals surface area contributed by atoms with E-state index in [1.165, 1.54) is 28.2 Å². The zero-order chi connectivity index (χ0) is 26.5. The van der Waals surface area contributed by atoms with Gasteiger partial charge >= 0.3 is 0 Å². The predicted molar refractivity (Wildman–Crippen MR) is 145 cm³/mol. The van der Waals surface area contributed by atoms with E-state index in [1.807, 2.05) is 18.2 Å². The lowest BCUT2D eigenvalue weighted by Crippen LogP contribution is -2.40. The Morgan fingerprint density at radius 3 is 2.47 bits per heavy atom. The Bertz CT molecular complexity index is 1270. The molecule has 0 aromatic heterocycles. The minimum Gasteiger partial charge on any atom is -0.379 e. The van der Waals surface area contributed by atoms with Gasteiger partial charge in [0.1, 0.15) is 5.25 Å². The predicted octanol–water partition coefficient (Wildman–Crippen LogP) is 2.85. The second-order valence-corrected chi connectivity index (χ2v) is 12.3. The molecule has 2 amide bonds. The van der Waals surface area contributed by atoms with Crippen molar-refractivity contribution in [2.45, 2.75) is 35.5 Å². The van der Waals surface area contributed by atoms with E-state index >= 15 is 0 Å². The van der Waals surface area contributed by atoms with Crippen LogP contribution in [0.25, 0.3) is 0 Å². The molecule has 202 valence electrons. The van der Waals surface area contributed by atoms with Crippen molar-refractivity contribution in [3.63, 3.8) is 0 Å². The van der Waals surface area contributed by atoms with Crippen molar-refractivity contribution < 1.29 is 27.5 Å². The lowest BCUT2D eigenvalue weighted by atomic mass is 10.2. The smallest absolute Gasteiger partial charge is 0.243 e. The van der Waals surface area contributed by atoms with Crippen molar-refractivity contribution in [1.29, 1.82) is 0 Å². The van der Waals surface area contributed by atoms with Crippen LogP contribution < -0.4 is 5.32 Å². The molecule has 0 saturated carbocycles. The summed E-state index contributed by atoms with van der Waals surface area (Å²) in [6.07, 6.45) is 1.72. The van der Waals surface area contributed by atoms with Gasteiger partial charge in [0.25, 0.3) is 0 Å². The highest BCUT2D eigenvalue weighted by atomic mass is 32.2. The number of carbonyl (C=O) groups excluding carboxylic acids is 2. The Kier molecular flexibility index (Phi) is 8.44. The summed E-state index contributed by atoms with van der Waals surface area (Å²) in [7, 11) is -3.62. The standard InChI is InChI=1S/C26H30N4O6S2/c31-24(27-19-5-2-1-3-6-19)17-23-25(32)30(18-21-7-4-14-36-21)26(37-23)28-20-8-10-22(11-9-20)38(33,34)29-12-15-35-16-13-29/h1-3,5-6,8-11,21,23H,4,7,12-18H2,(H,27,31)/t21-,23+/m1/s1. The second kappa shape index (κ2) is 12.0. The van der Waals surface area contributed by atoms with Gasteiger partial charge in [0.05, 0.1) is 36.4 Å². The highest BCUT2D eigenvalue weighted by Crippen LogP contribution is 2.33. The number of sulfonamides is 1. The first-order valence-corrected chi connectivity index (χ1v) is 14.9. The molecule has 5 rings (SSSR count). The van der Waals surface area contributed by atoms with Gasteiger partial charge in [-0.05, 0) is 49.2 Å².